The van der Waals surface area contributed by atoms with Crippen LogP contribution in [0, 0.1) is 0 Å². The number of rotatable bonds is 5. The molecule has 0 saturated heterocycles. The third-order valence-electron chi connectivity index (χ3n) is 2.61. The molecule has 94 valence electrons. The lowest BCUT2D eigenvalue weighted by Crippen LogP contribution is -2.02. The summed E-state index contributed by atoms with van der Waals surface area (Å²) in [5.74, 6) is 0.835. The Hall–Kier alpha value is -1.55. The lowest BCUT2D eigenvalue weighted by Gasteiger charge is -2.04. The van der Waals surface area contributed by atoms with Crippen LogP contribution in [-0.4, -0.2) is 23.0 Å². The van der Waals surface area contributed by atoms with E-state index >= 15 is 0 Å². The van der Waals surface area contributed by atoms with E-state index in [-0.39, 0.29) is 0 Å². The van der Waals surface area contributed by atoms with Crippen LogP contribution < -0.4 is 5.32 Å². The summed E-state index contributed by atoms with van der Waals surface area (Å²) in [5, 5.41) is 11.6. The number of hydrogen-bond donors (Lipinski definition) is 1. The van der Waals surface area contributed by atoms with E-state index in [1.807, 2.05) is 12.1 Å². The van der Waals surface area contributed by atoms with Gasteiger partial charge in [0, 0.05) is 17.0 Å². The molecule has 0 atom stereocenters. The molecule has 1 aromatic carbocycles. The lowest BCUT2D eigenvalue weighted by molar-refractivity contribution is 0.945. The number of hydrogen-bond acceptors (Lipinski definition) is 4. The zero-order chi connectivity index (χ0) is 12.8. The molecule has 1 N–H and O–H groups in total. The van der Waals surface area contributed by atoms with Crippen LogP contribution in [0.3, 0.4) is 0 Å². The van der Waals surface area contributed by atoms with Crippen LogP contribution >= 0.6 is 11.8 Å². The fraction of sp³-hybridized carbons (Fsp3) is 0.286. The van der Waals surface area contributed by atoms with Gasteiger partial charge in [-0.3, -0.25) is 0 Å². The molecule has 3 nitrogen and oxygen atoms in total. The topological polar surface area (TPSA) is 37.8 Å². The average molecular weight is 259 g/mol. The first-order valence-electron chi connectivity index (χ1n) is 6.05. The molecule has 0 spiro atoms. The van der Waals surface area contributed by atoms with Gasteiger partial charge in [-0.05, 0) is 36.9 Å². The Bertz CT molecular complexity index is 479. The minimum Gasteiger partial charge on any atom is -0.369 e. The Balaban J connectivity index is 2.12. The molecule has 2 rings (SSSR count). The Morgan fingerprint density at radius 1 is 1.06 bits per heavy atom. The van der Waals surface area contributed by atoms with E-state index in [1.165, 1.54) is 4.90 Å². The van der Waals surface area contributed by atoms with E-state index in [0.717, 1.165) is 30.0 Å². The standard InChI is InChI=1S/C14H17N3S/c1-3-10-15-14-9-8-13(16-17-14)11-4-6-12(18-2)7-5-11/h4-9H,3,10H2,1-2H3,(H,15,17). The number of nitrogens with one attached hydrogen (secondary N) is 1. The molecule has 0 fully saturated rings. The predicted octanol–water partition coefficient (Wildman–Crippen LogP) is 3.69. The van der Waals surface area contributed by atoms with Crippen LogP contribution in [0.4, 0.5) is 5.82 Å². The molecule has 1 heterocycles. The van der Waals surface area contributed by atoms with Gasteiger partial charge in [0.1, 0.15) is 5.82 Å². The highest BCUT2D eigenvalue weighted by atomic mass is 32.2. The Kier molecular flexibility index (Phi) is 4.59. The first-order chi connectivity index (χ1) is 8.83. The predicted molar refractivity (Wildman–Crippen MR) is 78.0 cm³/mol. The second-order valence-electron chi connectivity index (χ2n) is 3.96. The summed E-state index contributed by atoms with van der Waals surface area (Å²) in [5.41, 5.74) is 2.01. The van der Waals surface area contributed by atoms with E-state index in [1.54, 1.807) is 11.8 Å². The second kappa shape index (κ2) is 6.40. The molecule has 0 radical (unpaired) electrons. The van der Waals surface area contributed by atoms with Crippen molar-refractivity contribution in [3.8, 4) is 11.3 Å². The largest absolute Gasteiger partial charge is 0.369 e. The molecule has 4 heteroatoms. The molecule has 0 saturated carbocycles. The van der Waals surface area contributed by atoms with Gasteiger partial charge >= 0.3 is 0 Å². The van der Waals surface area contributed by atoms with Crippen molar-refractivity contribution in [3.63, 3.8) is 0 Å². The van der Waals surface area contributed by atoms with Crippen LogP contribution in [0.5, 0.6) is 0 Å². The maximum atomic E-state index is 4.24. The smallest absolute Gasteiger partial charge is 0.148 e. The lowest BCUT2D eigenvalue weighted by atomic mass is 10.1. The monoisotopic (exact) mass is 259 g/mol. The first kappa shape index (κ1) is 12.9. The zero-order valence-corrected chi connectivity index (χ0v) is 11.5. The van der Waals surface area contributed by atoms with Crippen molar-refractivity contribution < 1.29 is 0 Å². The van der Waals surface area contributed by atoms with Crippen molar-refractivity contribution >= 4 is 17.6 Å². The van der Waals surface area contributed by atoms with Gasteiger partial charge in [0.25, 0.3) is 0 Å². The van der Waals surface area contributed by atoms with Gasteiger partial charge < -0.3 is 5.32 Å². The third-order valence-corrected chi connectivity index (χ3v) is 3.35. The van der Waals surface area contributed by atoms with Crippen molar-refractivity contribution in [1.82, 2.24) is 10.2 Å². The van der Waals surface area contributed by atoms with Crippen LogP contribution in [0.2, 0.25) is 0 Å². The van der Waals surface area contributed by atoms with Crippen LogP contribution in [-0.2, 0) is 0 Å². The van der Waals surface area contributed by atoms with Crippen molar-refractivity contribution in [2.24, 2.45) is 0 Å². The van der Waals surface area contributed by atoms with Crippen LogP contribution in [0.15, 0.2) is 41.3 Å². The quantitative estimate of drug-likeness (QED) is 0.831. The minimum absolute atomic E-state index is 0.835. The molecule has 0 unspecified atom stereocenters. The fourth-order valence-corrected chi connectivity index (χ4v) is 2.00. The number of thioether (sulfide) groups is 1. The molecule has 18 heavy (non-hydrogen) atoms. The van der Waals surface area contributed by atoms with E-state index in [2.05, 4.69) is 53.0 Å². The van der Waals surface area contributed by atoms with Crippen molar-refractivity contribution in [3.05, 3.63) is 36.4 Å². The summed E-state index contributed by atoms with van der Waals surface area (Å²) in [7, 11) is 0. The average Bonchev–Trinajstić information content (AvgIpc) is 2.46. The number of benzene rings is 1. The SMILES string of the molecule is CCCNc1ccc(-c2ccc(SC)cc2)nn1. The fourth-order valence-electron chi connectivity index (χ4n) is 1.60. The molecule has 1 aromatic heterocycles. The van der Waals surface area contributed by atoms with E-state index in [9.17, 15) is 0 Å². The number of anilines is 1. The van der Waals surface area contributed by atoms with Gasteiger partial charge in [0.2, 0.25) is 0 Å². The normalized spacial score (nSPS) is 10.3. The highest BCUT2D eigenvalue weighted by Crippen LogP contribution is 2.21. The second-order valence-corrected chi connectivity index (χ2v) is 4.84. The van der Waals surface area contributed by atoms with Crippen molar-refractivity contribution in [2.75, 3.05) is 18.1 Å². The number of nitrogens with zero attached hydrogens (tertiary/aromatic N) is 2. The molecule has 2 aromatic rings. The summed E-state index contributed by atoms with van der Waals surface area (Å²) in [4.78, 5) is 1.26. The Morgan fingerprint density at radius 3 is 2.39 bits per heavy atom. The zero-order valence-electron chi connectivity index (χ0n) is 10.7. The van der Waals surface area contributed by atoms with Gasteiger partial charge in [0.15, 0.2) is 0 Å². The molecule has 0 aliphatic heterocycles. The van der Waals surface area contributed by atoms with E-state index < -0.39 is 0 Å². The van der Waals surface area contributed by atoms with Gasteiger partial charge in [-0.15, -0.1) is 22.0 Å². The molecular weight excluding hydrogens is 242 g/mol. The maximum Gasteiger partial charge on any atom is 0.148 e. The highest BCUT2D eigenvalue weighted by Gasteiger charge is 2.01. The summed E-state index contributed by atoms with van der Waals surface area (Å²) in [6, 6.07) is 12.3. The number of aromatic nitrogens is 2. The maximum absolute atomic E-state index is 4.24. The summed E-state index contributed by atoms with van der Waals surface area (Å²) >= 11 is 1.74. The van der Waals surface area contributed by atoms with E-state index in [0.29, 0.717) is 0 Å². The third kappa shape index (κ3) is 3.23. The molecule has 0 bridgehead atoms. The van der Waals surface area contributed by atoms with Crippen molar-refractivity contribution in [1.29, 1.82) is 0 Å². The molecular formula is C14H17N3S. The summed E-state index contributed by atoms with van der Waals surface area (Å²) < 4.78 is 0. The Labute approximate surface area is 112 Å². The van der Waals surface area contributed by atoms with Crippen molar-refractivity contribution in [2.45, 2.75) is 18.2 Å². The Morgan fingerprint density at radius 2 is 1.83 bits per heavy atom. The van der Waals surface area contributed by atoms with Gasteiger partial charge in [0.05, 0.1) is 5.69 Å². The summed E-state index contributed by atoms with van der Waals surface area (Å²) in [6.07, 6.45) is 3.16. The van der Waals surface area contributed by atoms with Gasteiger partial charge in [-0.25, -0.2) is 0 Å². The van der Waals surface area contributed by atoms with Crippen LogP contribution in [0.25, 0.3) is 11.3 Å². The minimum atomic E-state index is 0.835. The van der Waals surface area contributed by atoms with Gasteiger partial charge in [-0.2, -0.15) is 0 Å². The molecule has 0 amide bonds. The van der Waals surface area contributed by atoms with Gasteiger partial charge in [-0.1, -0.05) is 19.1 Å². The van der Waals surface area contributed by atoms with E-state index in [4.69, 9.17) is 0 Å². The molecule has 0 aliphatic rings. The summed E-state index contributed by atoms with van der Waals surface area (Å²) in [6.45, 7) is 3.05. The van der Waals surface area contributed by atoms with Crippen LogP contribution in [0.1, 0.15) is 13.3 Å². The molecule has 0 aliphatic carbocycles. The highest BCUT2D eigenvalue weighted by molar-refractivity contribution is 7.98. The first-order valence-corrected chi connectivity index (χ1v) is 7.28.